The van der Waals surface area contributed by atoms with Crippen LogP contribution in [0.5, 0.6) is 0 Å². The Morgan fingerprint density at radius 3 is 1.19 bits per heavy atom. The highest BCUT2D eigenvalue weighted by atomic mass is 32.1. The standard InChI is InChI=1S/C54H32N4S/c1-3-15-35(16-4-1)57-49-21-9-7-19-37(49)43-27-45-41(29-51(43)57)39(33-13-11-23-55-31-33)25-47-48-26-40(34-14-12-24-56-32-34)42-30-52-44(28-46(42)54(48)59-53(45)47)38-20-8-10-22-50(38)58(52)36-17-5-2-6-18-36/h1-32H. The van der Waals surface area contributed by atoms with Gasteiger partial charge >= 0.3 is 0 Å². The maximum atomic E-state index is 4.62. The molecule has 0 amide bonds. The third-order valence-electron chi connectivity index (χ3n) is 12.2. The molecule has 0 aliphatic carbocycles. The molecule has 0 saturated carbocycles. The fourth-order valence-electron chi connectivity index (χ4n) is 9.67. The largest absolute Gasteiger partial charge is 0.309 e. The minimum atomic E-state index is 1.10. The molecule has 5 aromatic heterocycles. The third-order valence-corrected chi connectivity index (χ3v) is 13.5. The molecule has 13 rings (SSSR count). The van der Waals surface area contributed by atoms with Gasteiger partial charge in [0.2, 0.25) is 0 Å². The van der Waals surface area contributed by atoms with Crippen LogP contribution in [0.1, 0.15) is 0 Å². The number of nitrogens with zero attached hydrogens (tertiary/aromatic N) is 4. The molecule has 274 valence electrons. The van der Waals surface area contributed by atoms with Crippen LogP contribution < -0.4 is 0 Å². The molecule has 0 N–H and O–H groups in total. The first-order chi connectivity index (χ1) is 29.3. The van der Waals surface area contributed by atoms with E-state index in [1.807, 2.05) is 48.3 Å². The molecule has 0 atom stereocenters. The van der Waals surface area contributed by atoms with Crippen LogP contribution in [0.15, 0.2) is 195 Å². The van der Waals surface area contributed by atoms with Crippen LogP contribution in [0, 0.1) is 0 Å². The lowest BCUT2D eigenvalue weighted by Crippen LogP contribution is -1.93. The summed E-state index contributed by atoms with van der Waals surface area (Å²) < 4.78 is 7.41. The molecule has 0 saturated heterocycles. The number of para-hydroxylation sites is 4. The molecule has 4 nitrogen and oxygen atoms in total. The van der Waals surface area contributed by atoms with Gasteiger partial charge in [-0.2, -0.15) is 0 Å². The quantitative estimate of drug-likeness (QED) is 0.179. The number of aromatic nitrogens is 4. The Labute approximate surface area is 342 Å². The average Bonchev–Trinajstić information content (AvgIpc) is 3.95. The van der Waals surface area contributed by atoms with E-state index in [2.05, 4.69) is 177 Å². The summed E-state index contributed by atoms with van der Waals surface area (Å²) in [6.07, 6.45) is 7.72. The number of hydrogen-bond acceptors (Lipinski definition) is 3. The predicted molar refractivity (Wildman–Crippen MR) is 249 cm³/mol. The van der Waals surface area contributed by atoms with Gasteiger partial charge in [0.05, 0.1) is 22.1 Å². The van der Waals surface area contributed by atoms with E-state index in [1.165, 1.54) is 96.5 Å². The van der Waals surface area contributed by atoms with Gasteiger partial charge in [-0.1, -0.05) is 84.9 Å². The summed E-state index contributed by atoms with van der Waals surface area (Å²) in [5, 5.41) is 12.4. The Morgan fingerprint density at radius 1 is 0.322 bits per heavy atom. The van der Waals surface area contributed by atoms with E-state index in [0.717, 1.165) is 22.5 Å². The zero-order valence-corrected chi connectivity index (χ0v) is 32.5. The van der Waals surface area contributed by atoms with Crippen molar-refractivity contribution in [3.63, 3.8) is 0 Å². The van der Waals surface area contributed by atoms with Crippen molar-refractivity contribution in [3.05, 3.63) is 195 Å². The Bertz CT molecular complexity index is 3560. The second-order valence-corrected chi connectivity index (χ2v) is 16.4. The van der Waals surface area contributed by atoms with Gasteiger partial charge in [0, 0.05) is 99.8 Å². The van der Waals surface area contributed by atoms with Gasteiger partial charge in [-0.3, -0.25) is 9.97 Å². The lowest BCUT2D eigenvalue weighted by atomic mass is 9.92. The summed E-state index contributed by atoms with van der Waals surface area (Å²) in [7, 11) is 0. The Balaban J connectivity index is 1.21. The Hall–Kier alpha value is -7.60. The minimum absolute atomic E-state index is 1.10. The monoisotopic (exact) mass is 768 g/mol. The summed E-state index contributed by atoms with van der Waals surface area (Å²) in [5.74, 6) is 0. The highest BCUT2D eigenvalue weighted by molar-refractivity contribution is 7.27. The van der Waals surface area contributed by atoms with E-state index in [1.54, 1.807) is 0 Å². The molecule has 0 bridgehead atoms. The molecule has 0 aliphatic heterocycles. The lowest BCUT2D eigenvalue weighted by molar-refractivity contribution is 1.18. The smallest absolute Gasteiger partial charge is 0.0547 e. The maximum absolute atomic E-state index is 4.62. The van der Waals surface area contributed by atoms with E-state index in [4.69, 9.17) is 0 Å². The van der Waals surface area contributed by atoms with Crippen molar-refractivity contribution in [2.75, 3.05) is 0 Å². The van der Waals surface area contributed by atoms with Crippen LogP contribution >= 0.6 is 11.3 Å². The summed E-state index contributed by atoms with van der Waals surface area (Å²) in [6, 6.07) is 62.1. The van der Waals surface area contributed by atoms with Gasteiger partial charge in [-0.05, 0) is 107 Å². The van der Waals surface area contributed by atoms with Crippen molar-refractivity contribution in [1.29, 1.82) is 0 Å². The molecule has 0 spiro atoms. The molecule has 8 aromatic carbocycles. The molecule has 0 radical (unpaired) electrons. The predicted octanol–water partition coefficient (Wildman–Crippen LogP) is 14.7. The molecule has 5 heterocycles. The number of rotatable bonds is 4. The molecule has 13 aromatic rings. The second-order valence-electron chi connectivity index (χ2n) is 15.4. The van der Waals surface area contributed by atoms with Gasteiger partial charge in [-0.15, -0.1) is 11.3 Å². The molecule has 5 heteroatoms. The molecule has 59 heavy (non-hydrogen) atoms. The summed E-state index contributed by atoms with van der Waals surface area (Å²) >= 11 is 1.92. The van der Waals surface area contributed by atoms with Crippen LogP contribution in [0.25, 0.3) is 119 Å². The zero-order chi connectivity index (χ0) is 38.6. The number of fused-ring (bicyclic) bond motifs is 13. The highest BCUT2D eigenvalue weighted by Crippen LogP contribution is 2.50. The van der Waals surface area contributed by atoms with Crippen molar-refractivity contribution in [2.45, 2.75) is 0 Å². The van der Waals surface area contributed by atoms with Crippen molar-refractivity contribution < 1.29 is 0 Å². The van der Waals surface area contributed by atoms with Crippen LogP contribution in [-0.4, -0.2) is 19.1 Å². The fraction of sp³-hybridized carbons (Fsp3) is 0. The van der Waals surface area contributed by atoms with E-state index in [9.17, 15) is 0 Å². The SMILES string of the molecule is c1ccc(-n2c3ccccc3c3cc4c(cc32)c(-c2cccnc2)cc2c3cc(-c5cccnc5)c5cc6c(cc5c3sc42)c2ccccc2n6-c2ccccc2)cc1. The number of pyridine rings is 2. The van der Waals surface area contributed by atoms with Crippen LogP contribution in [0.3, 0.4) is 0 Å². The molecule has 0 unspecified atom stereocenters. The number of hydrogen-bond donors (Lipinski definition) is 0. The van der Waals surface area contributed by atoms with Crippen LogP contribution in [0.2, 0.25) is 0 Å². The van der Waals surface area contributed by atoms with E-state index in [0.29, 0.717) is 0 Å². The van der Waals surface area contributed by atoms with Gasteiger partial charge in [0.1, 0.15) is 0 Å². The minimum Gasteiger partial charge on any atom is -0.309 e. The van der Waals surface area contributed by atoms with E-state index >= 15 is 0 Å². The van der Waals surface area contributed by atoms with Crippen molar-refractivity contribution in [1.82, 2.24) is 19.1 Å². The first kappa shape index (κ1) is 32.5. The molecule has 0 fully saturated rings. The number of benzene rings is 8. The van der Waals surface area contributed by atoms with Crippen molar-refractivity contribution in [2.24, 2.45) is 0 Å². The Morgan fingerprint density at radius 2 is 0.746 bits per heavy atom. The summed E-state index contributed by atoms with van der Waals surface area (Å²) in [5.41, 5.74) is 11.6. The Kier molecular flexibility index (Phi) is 6.85. The van der Waals surface area contributed by atoms with E-state index in [-0.39, 0.29) is 0 Å². The molecular formula is C54H32N4S. The normalized spacial score (nSPS) is 12.1. The number of thiophene rings is 1. The lowest BCUT2D eigenvalue weighted by Gasteiger charge is -2.12. The average molecular weight is 769 g/mol. The van der Waals surface area contributed by atoms with Gasteiger partial charge in [0.15, 0.2) is 0 Å². The fourth-order valence-corrected chi connectivity index (χ4v) is 11.0. The highest BCUT2D eigenvalue weighted by Gasteiger charge is 2.22. The topological polar surface area (TPSA) is 35.6 Å². The molecular weight excluding hydrogens is 737 g/mol. The first-order valence-corrected chi connectivity index (χ1v) is 20.8. The van der Waals surface area contributed by atoms with Crippen molar-refractivity contribution >= 4 is 96.7 Å². The van der Waals surface area contributed by atoms with Gasteiger partial charge in [-0.25, -0.2) is 0 Å². The van der Waals surface area contributed by atoms with Crippen molar-refractivity contribution in [3.8, 4) is 33.6 Å². The molecule has 0 aliphatic rings. The zero-order valence-electron chi connectivity index (χ0n) is 31.7. The first-order valence-electron chi connectivity index (χ1n) is 20.0. The van der Waals surface area contributed by atoms with Gasteiger partial charge in [0.25, 0.3) is 0 Å². The van der Waals surface area contributed by atoms with Crippen LogP contribution in [0.4, 0.5) is 0 Å². The van der Waals surface area contributed by atoms with E-state index < -0.39 is 0 Å². The second kappa shape index (κ2) is 12.4. The summed E-state index contributed by atoms with van der Waals surface area (Å²) in [4.78, 5) is 9.24. The van der Waals surface area contributed by atoms with Crippen LogP contribution in [-0.2, 0) is 0 Å². The van der Waals surface area contributed by atoms with Gasteiger partial charge < -0.3 is 9.13 Å². The summed E-state index contributed by atoms with van der Waals surface area (Å²) in [6.45, 7) is 0. The third kappa shape index (κ3) is 4.71. The maximum Gasteiger partial charge on any atom is 0.0547 e.